The van der Waals surface area contributed by atoms with Crippen LogP contribution in [0, 0.1) is 0 Å². The molecule has 0 aliphatic heterocycles. The number of ketones is 1. The summed E-state index contributed by atoms with van der Waals surface area (Å²) in [6.07, 6.45) is 0.0320. The van der Waals surface area contributed by atoms with Crippen LogP contribution in [0.4, 0.5) is 0 Å². The molecule has 3 nitrogen and oxygen atoms in total. The molecule has 0 aliphatic rings. The van der Waals surface area contributed by atoms with Crippen LogP contribution in [0.25, 0.3) is 0 Å². The fraction of sp³-hybridized carbons (Fsp3) is 0.333. The lowest BCUT2D eigenvalue weighted by Crippen LogP contribution is -2.20. The Morgan fingerprint density at radius 1 is 1.47 bits per heavy atom. The second-order valence-corrected chi connectivity index (χ2v) is 5.82. The number of hydrogen-bond acceptors (Lipinski definition) is 3. The first-order valence-corrected chi connectivity index (χ1v) is 7.02. The first kappa shape index (κ1) is 14.3. The molecule has 1 aromatic rings. The summed E-state index contributed by atoms with van der Waals surface area (Å²) in [7, 11) is 0. The molecular weight excluding hydrogens is 304 g/mol. The van der Waals surface area contributed by atoms with Gasteiger partial charge in [0.05, 0.1) is 0 Å². The van der Waals surface area contributed by atoms with Crippen molar-refractivity contribution >= 4 is 39.4 Å². The maximum Gasteiger partial charge on any atom is 0.317 e. The quantitative estimate of drug-likeness (QED) is 0.819. The van der Waals surface area contributed by atoms with E-state index in [4.69, 9.17) is 5.11 Å². The topological polar surface area (TPSA) is 54.4 Å². The number of hydrogen-bond donors (Lipinski definition) is 1. The molecule has 1 unspecified atom stereocenters. The van der Waals surface area contributed by atoms with E-state index in [0.29, 0.717) is 11.3 Å². The molecule has 0 aromatic heterocycles. The average molecular weight is 317 g/mol. The number of carboxylic acids is 1. The lowest BCUT2D eigenvalue weighted by molar-refractivity contribution is -0.136. The monoisotopic (exact) mass is 316 g/mol. The molecule has 0 radical (unpaired) electrons. The first-order chi connectivity index (χ1) is 8.04. The fourth-order valence-corrected chi connectivity index (χ4v) is 2.58. The summed E-state index contributed by atoms with van der Waals surface area (Å²) < 4.78 is 0.818. The van der Waals surface area contributed by atoms with Gasteiger partial charge in [0.1, 0.15) is 5.25 Å². The zero-order valence-corrected chi connectivity index (χ0v) is 11.8. The fourth-order valence-electron chi connectivity index (χ4n) is 1.37. The van der Waals surface area contributed by atoms with Crippen molar-refractivity contribution in [3.63, 3.8) is 0 Å². The SMILES string of the molecule is CCSC(CC(=O)c1cccc(Br)c1)C(=O)O. The molecule has 0 saturated heterocycles. The van der Waals surface area contributed by atoms with Gasteiger partial charge in [-0.1, -0.05) is 35.0 Å². The maximum absolute atomic E-state index is 11.9. The number of rotatable bonds is 6. The molecule has 0 bridgehead atoms. The standard InChI is InChI=1S/C12H13BrO3S/c1-2-17-11(12(15)16)7-10(14)8-4-3-5-9(13)6-8/h3-6,11H,2,7H2,1H3,(H,15,16). The van der Waals surface area contributed by atoms with Crippen molar-refractivity contribution in [3.05, 3.63) is 34.3 Å². The van der Waals surface area contributed by atoms with Gasteiger partial charge < -0.3 is 5.11 Å². The van der Waals surface area contributed by atoms with Crippen LogP contribution in [0.15, 0.2) is 28.7 Å². The Morgan fingerprint density at radius 3 is 2.71 bits per heavy atom. The normalized spacial score (nSPS) is 12.1. The van der Waals surface area contributed by atoms with E-state index in [2.05, 4.69) is 15.9 Å². The Kier molecular flexibility index (Phi) is 5.71. The van der Waals surface area contributed by atoms with Gasteiger partial charge in [0, 0.05) is 16.5 Å². The highest BCUT2D eigenvalue weighted by Crippen LogP contribution is 2.19. The van der Waals surface area contributed by atoms with E-state index in [9.17, 15) is 9.59 Å². The molecule has 0 fully saturated rings. The Labute approximate surface area is 113 Å². The van der Waals surface area contributed by atoms with Gasteiger partial charge in [0.2, 0.25) is 0 Å². The summed E-state index contributed by atoms with van der Waals surface area (Å²) in [6, 6.07) is 6.99. The summed E-state index contributed by atoms with van der Waals surface area (Å²) in [5, 5.41) is 8.31. The first-order valence-electron chi connectivity index (χ1n) is 5.17. The van der Waals surface area contributed by atoms with Crippen LogP contribution < -0.4 is 0 Å². The Morgan fingerprint density at radius 2 is 2.18 bits per heavy atom. The highest BCUT2D eigenvalue weighted by molar-refractivity contribution is 9.10. The molecule has 1 aromatic carbocycles. The number of halogens is 1. The zero-order valence-electron chi connectivity index (χ0n) is 9.35. The number of carbonyl (C=O) groups excluding carboxylic acids is 1. The third kappa shape index (κ3) is 4.52. The minimum Gasteiger partial charge on any atom is -0.480 e. The summed E-state index contributed by atoms with van der Waals surface area (Å²) in [6.45, 7) is 1.88. The van der Waals surface area contributed by atoms with Gasteiger partial charge >= 0.3 is 5.97 Å². The van der Waals surface area contributed by atoms with Crippen LogP contribution in [-0.2, 0) is 4.79 Å². The third-order valence-corrected chi connectivity index (χ3v) is 3.76. The molecule has 17 heavy (non-hydrogen) atoms. The van der Waals surface area contributed by atoms with E-state index in [1.165, 1.54) is 11.8 Å². The number of benzene rings is 1. The zero-order chi connectivity index (χ0) is 12.8. The molecule has 5 heteroatoms. The molecule has 1 rings (SSSR count). The summed E-state index contributed by atoms with van der Waals surface area (Å²) in [5.41, 5.74) is 0.544. The molecule has 1 atom stereocenters. The van der Waals surface area contributed by atoms with E-state index in [1.807, 2.05) is 13.0 Å². The highest BCUT2D eigenvalue weighted by atomic mass is 79.9. The van der Waals surface area contributed by atoms with Crippen molar-refractivity contribution in [2.75, 3.05) is 5.75 Å². The van der Waals surface area contributed by atoms with E-state index < -0.39 is 11.2 Å². The van der Waals surface area contributed by atoms with Crippen molar-refractivity contribution in [2.24, 2.45) is 0 Å². The Balaban J connectivity index is 2.73. The van der Waals surface area contributed by atoms with E-state index in [-0.39, 0.29) is 12.2 Å². The van der Waals surface area contributed by atoms with Gasteiger partial charge in [-0.3, -0.25) is 9.59 Å². The molecule has 0 amide bonds. The van der Waals surface area contributed by atoms with Crippen molar-refractivity contribution < 1.29 is 14.7 Å². The van der Waals surface area contributed by atoms with Gasteiger partial charge in [-0.25, -0.2) is 0 Å². The lowest BCUT2D eigenvalue weighted by atomic mass is 10.1. The smallest absolute Gasteiger partial charge is 0.317 e. The van der Waals surface area contributed by atoms with Gasteiger partial charge in [-0.05, 0) is 17.9 Å². The highest BCUT2D eigenvalue weighted by Gasteiger charge is 2.21. The number of aliphatic carboxylic acids is 1. The molecular formula is C12H13BrO3S. The lowest BCUT2D eigenvalue weighted by Gasteiger charge is -2.09. The van der Waals surface area contributed by atoms with Crippen molar-refractivity contribution in [1.29, 1.82) is 0 Å². The summed E-state index contributed by atoms with van der Waals surface area (Å²) in [5.74, 6) is -0.386. The van der Waals surface area contributed by atoms with Crippen LogP contribution in [-0.4, -0.2) is 27.9 Å². The molecule has 0 heterocycles. The molecule has 0 aliphatic carbocycles. The minimum atomic E-state index is -0.930. The minimum absolute atomic E-state index is 0.0320. The van der Waals surface area contributed by atoms with E-state index >= 15 is 0 Å². The number of carboxylic acid groups (broad SMARTS) is 1. The molecule has 1 N–H and O–H groups in total. The van der Waals surface area contributed by atoms with Gasteiger partial charge in [0.15, 0.2) is 5.78 Å². The Hall–Kier alpha value is -0.810. The summed E-state index contributed by atoms with van der Waals surface area (Å²) >= 11 is 4.56. The average Bonchev–Trinajstić information content (AvgIpc) is 2.28. The van der Waals surface area contributed by atoms with E-state index in [0.717, 1.165) is 4.47 Å². The van der Waals surface area contributed by atoms with Crippen LogP contribution in [0.3, 0.4) is 0 Å². The second-order valence-electron chi connectivity index (χ2n) is 3.42. The largest absolute Gasteiger partial charge is 0.480 e. The van der Waals surface area contributed by atoms with Crippen molar-refractivity contribution in [3.8, 4) is 0 Å². The molecule has 0 spiro atoms. The number of carbonyl (C=O) groups is 2. The van der Waals surface area contributed by atoms with Gasteiger partial charge in [-0.2, -0.15) is 0 Å². The predicted molar refractivity (Wildman–Crippen MR) is 72.6 cm³/mol. The van der Waals surface area contributed by atoms with Gasteiger partial charge in [0.25, 0.3) is 0 Å². The van der Waals surface area contributed by atoms with Crippen molar-refractivity contribution in [1.82, 2.24) is 0 Å². The summed E-state index contributed by atoms with van der Waals surface area (Å²) in [4.78, 5) is 22.8. The van der Waals surface area contributed by atoms with Crippen LogP contribution in [0.5, 0.6) is 0 Å². The molecule has 92 valence electrons. The van der Waals surface area contributed by atoms with E-state index in [1.54, 1.807) is 18.2 Å². The number of Topliss-reactive ketones (excluding diaryl/α,β-unsaturated/α-hetero) is 1. The van der Waals surface area contributed by atoms with Crippen molar-refractivity contribution in [2.45, 2.75) is 18.6 Å². The van der Waals surface area contributed by atoms with Gasteiger partial charge in [-0.15, -0.1) is 11.8 Å². The van der Waals surface area contributed by atoms with Crippen LogP contribution in [0.1, 0.15) is 23.7 Å². The second kappa shape index (κ2) is 6.81. The third-order valence-electron chi connectivity index (χ3n) is 2.16. The van der Waals surface area contributed by atoms with Crippen LogP contribution in [0.2, 0.25) is 0 Å². The molecule has 0 saturated carbocycles. The van der Waals surface area contributed by atoms with Crippen LogP contribution >= 0.6 is 27.7 Å². The maximum atomic E-state index is 11.9. The number of thioether (sulfide) groups is 1. The predicted octanol–water partition coefficient (Wildman–Crippen LogP) is 3.23. The Bertz CT molecular complexity index is 420.